The molecule has 146 valence electrons. The molecule has 3 aromatic heterocycles. The summed E-state index contributed by atoms with van der Waals surface area (Å²) in [5.74, 6) is -1.91. The van der Waals surface area contributed by atoms with E-state index in [2.05, 4.69) is 20.1 Å². The van der Waals surface area contributed by atoms with Crippen molar-refractivity contribution in [3.8, 4) is 11.3 Å². The molecule has 0 radical (unpaired) electrons. The van der Waals surface area contributed by atoms with Gasteiger partial charge in [-0.2, -0.15) is 5.10 Å². The fourth-order valence-electron chi connectivity index (χ4n) is 3.78. The van der Waals surface area contributed by atoms with Crippen LogP contribution in [0.15, 0.2) is 46.4 Å². The average Bonchev–Trinajstić information content (AvgIpc) is 3.32. The third-order valence-corrected chi connectivity index (χ3v) is 5.38. The van der Waals surface area contributed by atoms with Gasteiger partial charge < -0.3 is 4.98 Å². The quantitative estimate of drug-likeness (QED) is 0.557. The largest absolute Gasteiger partial charge is 0.325 e. The summed E-state index contributed by atoms with van der Waals surface area (Å²) in [5.41, 5.74) is 1.36. The van der Waals surface area contributed by atoms with Gasteiger partial charge in [0.25, 0.3) is 5.56 Å². The van der Waals surface area contributed by atoms with Gasteiger partial charge in [0.05, 0.1) is 11.3 Å². The third kappa shape index (κ3) is 2.77. The predicted octanol–water partition coefficient (Wildman–Crippen LogP) is 2.63. The monoisotopic (exact) mass is 395 g/mol. The number of halogens is 2. The minimum absolute atomic E-state index is 0.0832. The lowest BCUT2D eigenvalue weighted by atomic mass is 10.0. The molecule has 0 saturated heterocycles. The van der Waals surface area contributed by atoms with E-state index in [0.29, 0.717) is 23.3 Å². The summed E-state index contributed by atoms with van der Waals surface area (Å²) in [6.45, 7) is 1.53. The van der Waals surface area contributed by atoms with Crippen LogP contribution in [0.1, 0.15) is 34.9 Å². The molecule has 29 heavy (non-hydrogen) atoms. The van der Waals surface area contributed by atoms with Gasteiger partial charge in [-0.25, -0.2) is 23.1 Å². The van der Waals surface area contributed by atoms with Crippen LogP contribution in [0.3, 0.4) is 0 Å². The number of hydrogen-bond acceptors (Lipinski definition) is 4. The number of H-pyrrole nitrogens is 2. The minimum Gasteiger partial charge on any atom is -0.313 e. The third-order valence-electron chi connectivity index (χ3n) is 5.38. The summed E-state index contributed by atoms with van der Waals surface area (Å²) in [5, 5.41) is 4.39. The minimum atomic E-state index is -0.825. The van der Waals surface area contributed by atoms with Crippen molar-refractivity contribution in [1.29, 1.82) is 0 Å². The van der Waals surface area contributed by atoms with Crippen LogP contribution in [0, 0.1) is 18.6 Å². The molecule has 4 aromatic rings. The number of benzene rings is 1. The molecule has 1 aliphatic rings. The second-order valence-electron chi connectivity index (χ2n) is 7.21. The summed E-state index contributed by atoms with van der Waals surface area (Å²) in [6, 6.07) is 4.92. The van der Waals surface area contributed by atoms with E-state index in [0.717, 1.165) is 5.56 Å². The normalized spacial score (nSPS) is 18.3. The van der Waals surface area contributed by atoms with Crippen LogP contribution in [-0.2, 0) is 0 Å². The van der Waals surface area contributed by atoms with Crippen LogP contribution < -0.4 is 11.2 Å². The molecular weight excluding hydrogens is 380 g/mol. The molecule has 1 aromatic carbocycles. The van der Waals surface area contributed by atoms with Crippen molar-refractivity contribution in [3.05, 3.63) is 86.0 Å². The predicted molar refractivity (Wildman–Crippen MR) is 101 cm³/mol. The van der Waals surface area contributed by atoms with Crippen LogP contribution in [0.2, 0.25) is 0 Å². The molecule has 3 heterocycles. The molecule has 1 fully saturated rings. The maximum Gasteiger partial charge on any atom is 0.325 e. The number of aryl methyl sites for hydroxylation is 1. The fourth-order valence-corrected chi connectivity index (χ4v) is 3.78. The number of rotatable bonds is 3. The Kier molecular flexibility index (Phi) is 3.73. The Morgan fingerprint density at radius 2 is 1.93 bits per heavy atom. The summed E-state index contributed by atoms with van der Waals surface area (Å²) in [6.07, 6.45) is 5.16. The van der Waals surface area contributed by atoms with Crippen molar-refractivity contribution < 1.29 is 8.78 Å². The highest BCUT2D eigenvalue weighted by molar-refractivity contribution is 5.63. The van der Waals surface area contributed by atoms with E-state index >= 15 is 0 Å². The average molecular weight is 395 g/mol. The highest BCUT2D eigenvalue weighted by atomic mass is 19.2. The Hall–Kier alpha value is -3.62. The topological polar surface area (TPSA) is 95.9 Å². The number of nitrogens with zero attached hydrogens (tertiary/aromatic N) is 3. The van der Waals surface area contributed by atoms with E-state index in [4.69, 9.17) is 0 Å². The second kappa shape index (κ2) is 6.20. The van der Waals surface area contributed by atoms with Crippen LogP contribution in [0.4, 0.5) is 8.78 Å². The van der Waals surface area contributed by atoms with Crippen molar-refractivity contribution in [2.45, 2.75) is 25.2 Å². The van der Waals surface area contributed by atoms with Crippen molar-refractivity contribution in [2.75, 3.05) is 0 Å². The molecule has 0 spiro atoms. The molecular formula is C20H15F2N5O2. The summed E-state index contributed by atoms with van der Waals surface area (Å²) < 4.78 is 30.0. The number of hydrogen-bond donors (Lipinski definition) is 2. The highest BCUT2D eigenvalue weighted by Gasteiger charge is 2.43. The van der Waals surface area contributed by atoms with Crippen LogP contribution in [0.25, 0.3) is 16.9 Å². The number of nitrogens with one attached hydrogen (secondary N) is 2. The van der Waals surface area contributed by atoms with Gasteiger partial charge in [-0.1, -0.05) is 12.1 Å². The Balaban J connectivity index is 1.61. The van der Waals surface area contributed by atoms with E-state index in [-0.39, 0.29) is 23.0 Å². The molecule has 1 unspecified atom stereocenters. The van der Waals surface area contributed by atoms with E-state index in [1.807, 2.05) is 0 Å². The molecule has 2 atom stereocenters. The van der Waals surface area contributed by atoms with E-state index in [1.165, 1.54) is 17.6 Å². The van der Waals surface area contributed by atoms with Crippen molar-refractivity contribution >= 4 is 5.65 Å². The molecule has 5 rings (SSSR count). The first-order chi connectivity index (χ1) is 13.9. The summed E-state index contributed by atoms with van der Waals surface area (Å²) in [7, 11) is 0. The van der Waals surface area contributed by atoms with E-state index < -0.39 is 22.9 Å². The van der Waals surface area contributed by atoms with Gasteiger partial charge >= 0.3 is 5.69 Å². The van der Waals surface area contributed by atoms with Crippen LogP contribution in [0.5, 0.6) is 0 Å². The molecule has 9 heteroatoms. The van der Waals surface area contributed by atoms with Gasteiger partial charge in [-0.3, -0.25) is 9.78 Å². The Bertz CT molecular complexity index is 1390. The van der Waals surface area contributed by atoms with Crippen molar-refractivity contribution in [2.24, 2.45) is 0 Å². The van der Waals surface area contributed by atoms with Gasteiger partial charge in [0.1, 0.15) is 0 Å². The zero-order valence-corrected chi connectivity index (χ0v) is 15.2. The summed E-state index contributed by atoms with van der Waals surface area (Å²) in [4.78, 5) is 32.4. The van der Waals surface area contributed by atoms with E-state index in [1.54, 1.807) is 30.6 Å². The van der Waals surface area contributed by atoms with Crippen molar-refractivity contribution in [3.63, 3.8) is 0 Å². The van der Waals surface area contributed by atoms with Gasteiger partial charge in [0.15, 0.2) is 17.3 Å². The number of aromatic amines is 2. The number of fused-ring (bicyclic) bond motifs is 1. The molecule has 0 amide bonds. The van der Waals surface area contributed by atoms with Crippen LogP contribution in [-0.4, -0.2) is 24.6 Å². The van der Waals surface area contributed by atoms with E-state index in [9.17, 15) is 18.4 Å². The van der Waals surface area contributed by atoms with Crippen molar-refractivity contribution in [1.82, 2.24) is 24.6 Å². The first-order valence-electron chi connectivity index (χ1n) is 9.05. The lowest BCUT2D eigenvalue weighted by Crippen LogP contribution is -2.23. The van der Waals surface area contributed by atoms with Gasteiger partial charge in [-0.05, 0) is 42.4 Å². The Labute approximate surface area is 162 Å². The summed E-state index contributed by atoms with van der Waals surface area (Å²) >= 11 is 0. The fraction of sp³-hybridized carbons (Fsp3) is 0.200. The maximum absolute atomic E-state index is 14.4. The van der Waals surface area contributed by atoms with Crippen LogP contribution >= 0.6 is 0 Å². The lowest BCUT2D eigenvalue weighted by molar-refractivity contribution is 0.493. The number of imidazole rings is 1. The Morgan fingerprint density at radius 3 is 2.72 bits per heavy atom. The van der Waals surface area contributed by atoms with Gasteiger partial charge in [0, 0.05) is 24.2 Å². The van der Waals surface area contributed by atoms with Gasteiger partial charge in [0.2, 0.25) is 0 Å². The molecule has 2 N–H and O–H groups in total. The second-order valence-corrected chi connectivity index (χ2v) is 7.21. The number of aromatic nitrogens is 5. The SMILES string of the molecule is Cc1ccc([C@H]2CC2c2cc(-c3c[nH]c(=O)[nH]c3=O)nn3ccnc23)c(F)c1F. The smallest absolute Gasteiger partial charge is 0.313 e. The molecule has 0 aliphatic heterocycles. The highest BCUT2D eigenvalue weighted by Crippen LogP contribution is 2.56. The van der Waals surface area contributed by atoms with Gasteiger partial charge in [-0.15, -0.1) is 0 Å². The lowest BCUT2D eigenvalue weighted by Gasteiger charge is -2.08. The maximum atomic E-state index is 14.4. The first kappa shape index (κ1) is 17.5. The molecule has 1 aliphatic carbocycles. The zero-order valence-electron chi connectivity index (χ0n) is 15.2. The Morgan fingerprint density at radius 1 is 1.14 bits per heavy atom. The standard InChI is InChI=1S/C20H15F2N5O2/c1-9-2-3-10(17(22)16(9)21)11-6-12(11)13-7-15(26-27-5-4-23-18(13)27)14-8-24-20(29)25-19(14)28/h2-5,7-8,11-12H,6H2,1H3,(H2,24,25,28,29)/t11-,12?/m1/s1. The zero-order chi connectivity index (χ0) is 20.3. The molecule has 0 bridgehead atoms. The first-order valence-corrected chi connectivity index (χ1v) is 9.05. The molecule has 1 saturated carbocycles. The molecule has 7 nitrogen and oxygen atoms in total.